The van der Waals surface area contributed by atoms with Gasteiger partial charge in [-0.15, -0.1) is 0 Å². The van der Waals surface area contributed by atoms with Crippen molar-refractivity contribution in [3.63, 3.8) is 0 Å². The van der Waals surface area contributed by atoms with Crippen molar-refractivity contribution < 1.29 is 0 Å². The number of imidazole rings is 1. The van der Waals surface area contributed by atoms with Crippen LogP contribution >= 0.6 is 12.2 Å². The highest BCUT2D eigenvalue weighted by atomic mass is 32.1. The molecular weight excluding hydrogens is 296 g/mol. The molecule has 0 spiro atoms. The fraction of sp³-hybridized carbons (Fsp3) is 0.312. The summed E-state index contributed by atoms with van der Waals surface area (Å²) < 4.78 is 2.34. The van der Waals surface area contributed by atoms with Crippen LogP contribution < -0.4 is 5.56 Å². The Morgan fingerprint density at radius 2 is 2.18 bits per heavy atom. The van der Waals surface area contributed by atoms with Crippen LogP contribution in [0.3, 0.4) is 0 Å². The molecule has 2 heterocycles. The minimum Gasteiger partial charge on any atom is -0.318 e. The maximum atomic E-state index is 12.3. The van der Waals surface area contributed by atoms with Crippen LogP contribution in [0.15, 0.2) is 29.1 Å². The number of aromatic nitrogens is 4. The Labute approximate surface area is 132 Å². The summed E-state index contributed by atoms with van der Waals surface area (Å²) in [5.74, 6) is 1.47. The molecule has 0 bridgehead atoms. The highest BCUT2D eigenvalue weighted by molar-refractivity contribution is 7.71. The Morgan fingerprint density at radius 3 is 2.91 bits per heavy atom. The predicted octanol–water partition coefficient (Wildman–Crippen LogP) is 3.17. The van der Waals surface area contributed by atoms with E-state index in [0.29, 0.717) is 21.9 Å². The monoisotopic (exact) mass is 312 g/mol. The van der Waals surface area contributed by atoms with Gasteiger partial charge in [-0.05, 0) is 44.0 Å². The molecule has 3 aromatic rings. The van der Waals surface area contributed by atoms with Crippen molar-refractivity contribution in [2.45, 2.75) is 26.3 Å². The van der Waals surface area contributed by atoms with Gasteiger partial charge in [0.25, 0.3) is 5.56 Å². The highest BCUT2D eigenvalue weighted by Crippen LogP contribution is 2.33. The molecule has 1 aliphatic carbocycles. The number of H-pyrrole nitrogens is 2. The van der Waals surface area contributed by atoms with E-state index in [1.807, 2.05) is 16.7 Å². The van der Waals surface area contributed by atoms with E-state index in [1.165, 1.54) is 18.4 Å². The largest absolute Gasteiger partial charge is 0.318 e. The van der Waals surface area contributed by atoms with Crippen LogP contribution in [0.2, 0.25) is 0 Å². The summed E-state index contributed by atoms with van der Waals surface area (Å²) in [7, 11) is 0. The summed E-state index contributed by atoms with van der Waals surface area (Å²) in [6, 6.07) is 8.18. The minimum absolute atomic E-state index is 0.175. The van der Waals surface area contributed by atoms with Gasteiger partial charge in [-0.3, -0.25) is 9.78 Å². The summed E-state index contributed by atoms with van der Waals surface area (Å²) in [5.41, 5.74) is 3.16. The molecule has 0 saturated heterocycles. The Kier molecular flexibility index (Phi) is 3.00. The minimum atomic E-state index is -0.175. The molecular formula is C16H16N4OS. The van der Waals surface area contributed by atoms with Crippen LogP contribution in [0, 0.1) is 17.6 Å². The Balaban J connectivity index is 2.02. The molecule has 1 fully saturated rings. The first-order chi connectivity index (χ1) is 10.6. The number of hydrogen-bond donors (Lipinski definition) is 2. The van der Waals surface area contributed by atoms with Gasteiger partial charge in [-0.25, -0.2) is 4.98 Å². The third kappa shape index (κ3) is 2.29. The number of benzene rings is 1. The van der Waals surface area contributed by atoms with Crippen molar-refractivity contribution in [1.82, 2.24) is 19.5 Å². The van der Waals surface area contributed by atoms with Crippen molar-refractivity contribution in [2.24, 2.45) is 5.92 Å². The van der Waals surface area contributed by atoms with Crippen LogP contribution in [-0.2, 0) is 6.54 Å². The average molecular weight is 312 g/mol. The second-order valence-corrected chi connectivity index (χ2v) is 6.37. The van der Waals surface area contributed by atoms with Gasteiger partial charge >= 0.3 is 0 Å². The fourth-order valence-corrected chi connectivity index (χ4v) is 3.00. The first kappa shape index (κ1) is 13.5. The number of aryl methyl sites for hydroxylation is 1. The van der Waals surface area contributed by atoms with Crippen molar-refractivity contribution in [2.75, 3.05) is 0 Å². The van der Waals surface area contributed by atoms with Gasteiger partial charge < -0.3 is 9.55 Å². The SMILES string of the molecule is Cc1cccc(-c2nc3[nH]c(=S)[nH]c(=O)c3n2CC2CC2)c1. The van der Waals surface area contributed by atoms with Gasteiger partial charge in [0.15, 0.2) is 15.9 Å². The number of hydrogen-bond acceptors (Lipinski definition) is 3. The Morgan fingerprint density at radius 1 is 1.36 bits per heavy atom. The van der Waals surface area contributed by atoms with Crippen LogP contribution in [0.25, 0.3) is 22.6 Å². The number of rotatable bonds is 3. The lowest BCUT2D eigenvalue weighted by Gasteiger charge is -2.08. The second-order valence-electron chi connectivity index (χ2n) is 5.96. The first-order valence-electron chi connectivity index (χ1n) is 7.42. The maximum Gasteiger partial charge on any atom is 0.277 e. The lowest BCUT2D eigenvalue weighted by molar-refractivity contribution is 0.646. The zero-order valence-electron chi connectivity index (χ0n) is 12.2. The molecule has 6 heteroatoms. The van der Waals surface area contributed by atoms with Crippen LogP contribution in [-0.4, -0.2) is 19.5 Å². The summed E-state index contributed by atoms with van der Waals surface area (Å²) in [6.45, 7) is 2.88. The molecule has 0 unspecified atom stereocenters. The smallest absolute Gasteiger partial charge is 0.277 e. The molecule has 2 N–H and O–H groups in total. The highest BCUT2D eigenvalue weighted by Gasteiger charge is 2.25. The van der Waals surface area contributed by atoms with Gasteiger partial charge in [0.05, 0.1) is 0 Å². The van der Waals surface area contributed by atoms with Crippen molar-refractivity contribution >= 4 is 23.4 Å². The summed E-state index contributed by atoms with van der Waals surface area (Å²) in [6.07, 6.45) is 2.43. The molecule has 1 saturated carbocycles. The lowest BCUT2D eigenvalue weighted by Crippen LogP contribution is -2.13. The van der Waals surface area contributed by atoms with Crippen molar-refractivity contribution in [3.8, 4) is 11.4 Å². The van der Waals surface area contributed by atoms with Crippen LogP contribution in [0.4, 0.5) is 0 Å². The number of aromatic amines is 2. The third-order valence-corrected chi connectivity index (χ3v) is 4.26. The van der Waals surface area contributed by atoms with Gasteiger partial charge in [-0.2, -0.15) is 0 Å². The number of fused-ring (bicyclic) bond motifs is 1. The van der Waals surface area contributed by atoms with Gasteiger partial charge in [0, 0.05) is 12.1 Å². The zero-order chi connectivity index (χ0) is 15.3. The molecule has 22 heavy (non-hydrogen) atoms. The predicted molar refractivity (Wildman–Crippen MR) is 88.4 cm³/mol. The van der Waals surface area contributed by atoms with Crippen molar-refractivity contribution in [1.29, 1.82) is 0 Å². The van der Waals surface area contributed by atoms with Gasteiger partial charge in [0.1, 0.15) is 5.82 Å². The number of nitrogens with one attached hydrogen (secondary N) is 2. The standard InChI is InChI=1S/C16H16N4OS/c1-9-3-2-4-11(7-9)14-17-13-12(15(21)19-16(22)18-13)20(14)8-10-5-6-10/h2-4,7,10H,5-6,8H2,1H3,(H2,18,19,21,22). The Bertz CT molecular complexity index is 978. The molecule has 2 aromatic heterocycles. The molecule has 5 nitrogen and oxygen atoms in total. The first-order valence-corrected chi connectivity index (χ1v) is 7.82. The molecule has 0 atom stereocenters. The van der Waals surface area contributed by atoms with E-state index in [1.54, 1.807) is 0 Å². The van der Waals surface area contributed by atoms with Gasteiger partial charge in [-0.1, -0.05) is 23.8 Å². The third-order valence-electron chi connectivity index (χ3n) is 4.06. The summed E-state index contributed by atoms with van der Waals surface area (Å²) in [4.78, 5) is 22.6. The lowest BCUT2D eigenvalue weighted by atomic mass is 10.1. The molecule has 0 radical (unpaired) electrons. The average Bonchev–Trinajstić information content (AvgIpc) is 3.19. The quantitative estimate of drug-likeness (QED) is 0.730. The fourth-order valence-electron chi connectivity index (χ4n) is 2.81. The zero-order valence-corrected chi connectivity index (χ0v) is 13.0. The second kappa shape index (κ2) is 4.91. The van der Waals surface area contributed by atoms with Crippen molar-refractivity contribution in [3.05, 3.63) is 45.0 Å². The Hall–Kier alpha value is -2.21. The van der Waals surface area contributed by atoms with E-state index in [4.69, 9.17) is 12.2 Å². The van der Waals surface area contributed by atoms with E-state index >= 15 is 0 Å². The van der Waals surface area contributed by atoms with E-state index in [2.05, 4.69) is 34.0 Å². The van der Waals surface area contributed by atoms with E-state index in [-0.39, 0.29) is 5.56 Å². The van der Waals surface area contributed by atoms with E-state index < -0.39 is 0 Å². The molecule has 1 aliphatic rings. The number of nitrogens with zero attached hydrogens (tertiary/aromatic N) is 2. The molecule has 1 aromatic carbocycles. The summed E-state index contributed by atoms with van der Waals surface area (Å²) in [5, 5.41) is 0. The summed E-state index contributed by atoms with van der Waals surface area (Å²) >= 11 is 5.06. The molecule has 0 amide bonds. The van der Waals surface area contributed by atoms with Crippen LogP contribution in [0.1, 0.15) is 18.4 Å². The molecule has 0 aliphatic heterocycles. The maximum absolute atomic E-state index is 12.3. The topological polar surface area (TPSA) is 66.5 Å². The van der Waals surface area contributed by atoms with E-state index in [9.17, 15) is 4.79 Å². The normalized spacial score (nSPS) is 14.6. The van der Waals surface area contributed by atoms with Gasteiger partial charge in [0.2, 0.25) is 0 Å². The molecule has 4 rings (SSSR count). The van der Waals surface area contributed by atoms with Crippen LogP contribution in [0.5, 0.6) is 0 Å². The van der Waals surface area contributed by atoms with E-state index in [0.717, 1.165) is 17.9 Å². The molecule has 112 valence electrons.